The summed E-state index contributed by atoms with van der Waals surface area (Å²) in [5.41, 5.74) is 1.98. The maximum Gasteiger partial charge on any atom is 0.0647 e. The lowest BCUT2D eigenvalue weighted by Gasteiger charge is -2.42. The summed E-state index contributed by atoms with van der Waals surface area (Å²) in [7, 11) is 2.34. The highest BCUT2D eigenvalue weighted by Gasteiger charge is 2.32. The molecule has 2 aliphatic carbocycles. The predicted molar refractivity (Wildman–Crippen MR) is 106 cm³/mol. The van der Waals surface area contributed by atoms with E-state index in [0.29, 0.717) is 0 Å². The van der Waals surface area contributed by atoms with Crippen LogP contribution in [0.5, 0.6) is 0 Å². The molecular weight excluding hydrogens is 316 g/mol. The van der Waals surface area contributed by atoms with Crippen molar-refractivity contribution in [2.45, 2.75) is 57.5 Å². The van der Waals surface area contributed by atoms with Gasteiger partial charge < -0.3 is 9.88 Å². The maximum atomic E-state index is 5.96. The Morgan fingerprint density at radius 2 is 1.92 bits per heavy atom. The van der Waals surface area contributed by atoms with Gasteiger partial charge >= 0.3 is 0 Å². The van der Waals surface area contributed by atoms with Gasteiger partial charge in [-0.15, -0.1) is 0 Å². The molecule has 2 aromatic rings. The van der Waals surface area contributed by atoms with Crippen LogP contribution in [0.3, 0.4) is 0 Å². The van der Waals surface area contributed by atoms with Crippen LogP contribution in [-0.2, 0) is 0 Å². The van der Waals surface area contributed by atoms with Gasteiger partial charge in [-0.3, -0.25) is 0 Å². The van der Waals surface area contributed by atoms with Crippen LogP contribution in [0, 0.1) is 5.92 Å². The molecule has 0 radical (unpaired) electrons. The Hall–Kier alpha value is -1.25. The third-order valence-electron chi connectivity index (χ3n) is 5.67. The quantitative estimate of drug-likeness (QED) is 0.710. The molecule has 2 saturated carbocycles. The van der Waals surface area contributed by atoms with Crippen LogP contribution in [0.4, 0.5) is 0 Å². The first-order chi connectivity index (χ1) is 11.6. The molecule has 24 heavy (non-hydrogen) atoms. The molecule has 4 rings (SSSR count). The topological polar surface area (TPSA) is 19.0 Å². The molecule has 0 saturated heterocycles. The van der Waals surface area contributed by atoms with Gasteiger partial charge in [-0.05, 0) is 56.9 Å². The second kappa shape index (κ2) is 7.76. The summed E-state index contributed by atoms with van der Waals surface area (Å²) in [6, 6.07) is 9.71. The van der Waals surface area contributed by atoms with E-state index in [1.54, 1.807) is 6.08 Å². The summed E-state index contributed by atoms with van der Waals surface area (Å²) in [6.45, 7) is 6.06. The summed E-state index contributed by atoms with van der Waals surface area (Å²) in [5.74, 6) is 0.999. The average Bonchev–Trinajstić information content (AvgIpc) is 3.21. The van der Waals surface area contributed by atoms with Gasteiger partial charge in [-0.1, -0.05) is 50.1 Å². The zero-order valence-corrected chi connectivity index (χ0v) is 15.6. The Balaban J connectivity index is 0.000000141. The van der Waals surface area contributed by atoms with E-state index < -0.39 is 0 Å². The Labute approximate surface area is 150 Å². The fourth-order valence-electron chi connectivity index (χ4n) is 4.05. The van der Waals surface area contributed by atoms with Crippen LogP contribution in [0.2, 0.25) is 5.02 Å². The molecule has 0 aliphatic heterocycles. The molecular formula is C21H29ClN2. The molecule has 0 unspecified atom stereocenters. The first-order valence-electron chi connectivity index (χ1n) is 9.20. The van der Waals surface area contributed by atoms with Crippen LogP contribution in [-0.4, -0.2) is 29.0 Å². The Morgan fingerprint density at radius 3 is 2.50 bits per heavy atom. The third-order valence-corrected chi connectivity index (χ3v) is 5.99. The molecule has 130 valence electrons. The van der Waals surface area contributed by atoms with Crippen molar-refractivity contribution in [1.82, 2.24) is 9.88 Å². The standard InChI is InChI=1S/C11H21N.C10H8ClN/c1-9-7-11(8-9)12(2)10-5-3-4-6-10;1-2-8-6-7-4-3-5-9(11)10(7)12-8/h9-11H,3-8H2,1-2H3;2-6,12H,1H2. The molecule has 3 heteroatoms. The minimum atomic E-state index is 0.751. The summed E-state index contributed by atoms with van der Waals surface area (Å²) < 4.78 is 0. The summed E-state index contributed by atoms with van der Waals surface area (Å²) in [4.78, 5) is 5.82. The van der Waals surface area contributed by atoms with E-state index in [2.05, 4.69) is 30.4 Å². The molecule has 2 nitrogen and oxygen atoms in total. The molecule has 0 atom stereocenters. The molecule has 1 N–H and O–H groups in total. The molecule has 1 heterocycles. The zero-order chi connectivity index (χ0) is 17.1. The highest BCUT2D eigenvalue weighted by molar-refractivity contribution is 6.35. The van der Waals surface area contributed by atoms with Crippen molar-refractivity contribution >= 4 is 28.6 Å². The van der Waals surface area contributed by atoms with E-state index in [4.69, 9.17) is 11.6 Å². The van der Waals surface area contributed by atoms with Crippen molar-refractivity contribution < 1.29 is 0 Å². The summed E-state index contributed by atoms with van der Waals surface area (Å²) in [5, 5.41) is 1.87. The number of nitrogens with one attached hydrogen (secondary N) is 1. The van der Waals surface area contributed by atoms with Gasteiger partial charge in [0.15, 0.2) is 0 Å². The lowest BCUT2D eigenvalue weighted by Crippen LogP contribution is -2.45. The number of hydrogen-bond donors (Lipinski definition) is 1. The lowest BCUT2D eigenvalue weighted by molar-refractivity contribution is 0.0748. The molecule has 1 aromatic carbocycles. The van der Waals surface area contributed by atoms with Gasteiger partial charge in [0, 0.05) is 23.2 Å². The Bertz CT molecular complexity index is 678. The number of hydrogen-bond acceptors (Lipinski definition) is 1. The number of para-hydroxylation sites is 1. The smallest absolute Gasteiger partial charge is 0.0647 e. The maximum absolute atomic E-state index is 5.96. The van der Waals surface area contributed by atoms with E-state index in [1.165, 1.54) is 38.5 Å². The minimum Gasteiger partial charge on any atom is -0.354 e. The number of aromatic amines is 1. The summed E-state index contributed by atoms with van der Waals surface area (Å²) >= 11 is 5.96. The predicted octanol–water partition coefficient (Wildman–Crippen LogP) is 6.12. The first-order valence-corrected chi connectivity index (χ1v) is 9.58. The van der Waals surface area contributed by atoms with E-state index in [1.807, 2.05) is 24.3 Å². The normalized spacial score (nSPS) is 23.8. The lowest BCUT2D eigenvalue weighted by atomic mass is 9.80. The van der Waals surface area contributed by atoms with Crippen LogP contribution < -0.4 is 0 Å². The average molecular weight is 345 g/mol. The minimum absolute atomic E-state index is 0.751. The van der Waals surface area contributed by atoms with Gasteiger partial charge in [-0.2, -0.15) is 0 Å². The fraction of sp³-hybridized carbons (Fsp3) is 0.524. The number of fused-ring (bicyclic) bond motifs is 1. The second-order valence-corrected chi connectivity index (χ2v) is 7.87. The first kappa shape index (κ1) is 17.6. The number of rotatable bonds is 3. The van der Waals surface area contributed by atoms with Gasteiger partial charge in [0.25, 0.3) is 0 Å². The van der Waals surface area contributed by atoms with Crippen LogP contribution >= 0.6 is 11.6 Å². The van der Waals surface area contributed by atoms with E-state index in [-0.39, 0.29) is 0 Å². The van der Waals surface area contributed by atoms with E-state index in [9.17, 15) is 0 Å². The number of aromatic nitrogens is 1. The van der Waals surface area contributed by atoms with Crippen molar-refractivity contribution in [3.8, 4) is 0 Å². The highest BCUT2D eigenvalue weighted by atomic mass is 35.5. The number of halogens is 1. The van der Waals surface area contributed by atoms with E-state index >= 15 is 0 Å². The second-order valence-electron chi connectivity index (χ2n) is 7.47. The molecule has 0 bridgehead atoms. The zero-order valence-electron chi connectivity index (χ0n) is 14.9. The molecule has 2 aliphatic rings. The number of benzene rings is 1. The third kappa shape index (κ3) is 3.87. The molecule has 0 spiro atoms. The Morgan fingerprint density at radius 1 is 1.21 bits per heavy atom. The molecule has 2 fully saturated rings. The SMILES string of the molecule is C=Cc1cc2cccc(Cl)c2[nH]1.CC1CC(N(C)C2CCCC2)C1. The number of H-pyrrole nitrogens is 1. The van der Waals surface area contributed by atoms with Crippen molar-refractivity contribution in [3.05, 3.63) is 41.6 Å². The van der Waals surface area contributed by atoms with Crippen molar-refractivity contribution in [2.75, 3.05) is 7.05 Å². The van der Waals surface area contributed by atoms with Crippen LogP contribution in [0.1, 0.15) is 51.1 Å². The van der Waals surface area contributed by atoms with Crippen LogP contribution in [0.25, 0.3) is 17.0 Å². The summed E-state index contributed by atoms with van der Waals surface area (Å²) in [6.07, 6.45) is 10.5. The monoisotopic (exact) mass is 344 g/mol. The number of nitrogens with zero attached hydrogens (tertiary/aromatic N) is 1. The van der Waals surface area contributed by atoms with Crippen LogP contribution in [0.15, 0.2) is 30.8 Å². The Kier molecular flexibility index (Phi) is 5.68. The fourth-order valence-corrected chi connectivity index (χ4v) is 4.28. The van der Waals surface area contributed by atoms with Crippen molar-refractivity contribution in [2.24, 2.45) is 5.92 Å². The van der Waals surface area contributed by atoms with Gasteiger partial charge in [0.2, 0.25) is 0 Å². The van der Waals surface area contributed by atoms with Gasteiger partial charge in [0.1, 0.15) is 0 Å². The highest BCUT2D eigenvalue weighted by Crippen LogP contribution is 2.34. The van der Waals surface area contributed by atoms with Crippen molar-refractivity contribution in [3.63, 3.8) is 0 Å². The largest absolute Gasteiger partial charge is 0.354 e. The van der Waals surface area contributed by atoms with E-state index in [0.717, 1.165) is 39.6 Å². The molecule has 1 aromatic heterocycles. The molecule has 0 amide bonds. The van der Waals surface area contributed by atoms with Crippen molar-refractivity contribution in [1.29, 1.82) is 0 Å². The van der Waals surface area contributed by atoms with Gasteiger partial charge in [0.05, 0.1) is 10.5 Å². The van der Waals surface area contributed by atoms with Gasteiger partial charge in [-0.25, -0.2) is 0 Å².